The van der Waals surface area contributed by atoms with Crippen molar-refractivity contribution in [2.75, 3.05) is 13.2 Å². The maximum atomic E-state index is 11.9. The van der Waals surface area contributed by atoms with Gasteiger partial charge < -0.3 is 9.47 Å². The quantitative estimate of drug-likeness (QED) is 0.690. The molecule has 2 aromatic carbocycles. The molecule has 6 nitrogen and oxygen atoms in total. The molecule has 0 bridgehead atoms. The number of carbonyl (C=O) groups is 2. The Balaban J connectivity index is 1.78. The Morgan fingerprint density at radius 3 is 2.11 bits per heavy atom. The molecule has 0 radical (unpaired) electrons. The fourth-order valence-electron chi connectivity index (χ4n) is 2.52. The fraction of sp³-hybridized carbons (Fsp3) is 0.333. The van der Waals surface area contributed by atoms with E-state index in [1.165, 1.54) is 0 Å². The third kappa shape index (κ3) is 6.46. The molecule has 2 N–H and O–H groups in total. The second-order valence-electron chi connectivity index (χ2n) is 6.78. The fourth-order valence-corrected chi connectivity index (χ4v) is 2.74. The monoisotopic (exact) mass is 404 g/mol. The highest BCUT2D eigenvalue weighted by atomic mass is 35.5. The third-order valence-corrected chi connectivity index (χ3v) is 4.22. The molecule has 0 aliphatic carbocycles. The van der Waals surface area contributed by atoms with Gasteiger partial charge in [0.1, 0.15) is 11.5 Å². The van der Waals surface area contributed by atoms with Crippen LogP contribution in [0.5, 0.6) is 11.5 Å². The van der Waals surface area contributed by atoms with Crippen LogP contribution in [0.25, 0.3) is 0 Å². The SMILES string of the molecule is Cc1ccc(C(C)C)c(OCC(=O)NNC(=O)COc2ccc(Cl)cc2C)c1. The Bertz CT molecular complexity index is 852. The van der Waals surface area contributed by atoms with Gasteiger partial charge in [-0.25, -0.2) is 0 Å². The maximum Gasteiger partial charge on any atom is 0.276 e. The van der Waals surface area contributed by atoms with E-state index in [0.717, 1.165) is 16.7 Å². The Morgan fingerprint density at radius 2 is 1.54 bits per heavy atom. The smallest absolute Gasteiger partial charge is 0.276 e. The first-order chi connectivity index (χ1) is 13.3. The number of nitrogens with one attached hydrogen (secondary N) is 2. The van der Waals surface area contributed by atoms with Crippen molar-refractivity contribution in [3.8, 4) is 11.5 Å². The van der Waals surface area contributed by atoms with Crippen molar-refractivity contribution in [2.45, 2.75) is 33.6 Å². The summed E-state index contributed by atoms with van der Waals surface area (Å²) in [6, 6.07) is 11.0. The summed E-state index contributed by atoms with van der Waals surface area (Å²) < 4.78 is 11.0. The minimum atomic E-state index is -0.485. The van der Waals surface area contributed by atoms with Gasteiger partial charge in [-0.15, -0.1) is 0 Å². The second-order valence-corrected chi connectivity index (χ2v) is 7.22. The highest BCUT2D eigenvalue weighted by molar-refractivity contribution is 6.30. The molecule has 2 amide bonds. The van der Waals surface area contributed by atoms with E-state index in [9.17, 15) is 9.59 Å². The van der Waals surface area contributed by atoms with Crippen LogP contribution in [-0.2, 0) is 9.59 Å². The highest BCUT2D eigenvalue weighted by Crippen LogP contribution is 2.27. The lowest BCUT2D eigenvalue weighted by molar-refractivity contribution is -0.131. The molecule has 0 aliphatic heterocycles. The minimum absolute atomic E-state index is 0.208. The van der Waals surface area contributed by atoms with Crippen LogP contribution in [0.4, 0.5) is 0 Å². The van der Waals surface area contributed by atoms with Crippen molar-refractivity contribution in [1.29, 1.82) is 0 Å². The lowest BCUT2D eigenvalue weighted by Gasteiger charge is -2.15. The lowest BCUT2D eigenvalue weighted by Crippen LogP contribution is -2.45. The van der Waals surface area contributed by atoms with Gasteiger partial charge in [-0.1, -0.05) is 37.6 Å². The second kappa shape index (κ2) is 9.99. The lowest BCUT2D eigenvalue weighted by atomic mass is 10.0. The Kier molecular flexibility index (Phi) is 7.70. The van der Waals surface area contributed by atoms with Crippen molar-refractivity contribution in [2.24, 2.45) is 0 Å². The summed E-state index contributed by atoms with van der Waals surface area (Å²) in [6.07, 6.45) is 0. The number of hydrogen-bond acceptors (Lipinski definition) is 4. The van der Waals surface area contributed by atoms with Gasteiger partial charge >= 0.3 is 0 Å². The maximum absolute atomic E-state index is 11.9. The van der Waals surface area contributed by atoms with Crippen molar-refractivity contribution in [3.05, 3.63) is 58.1 Å². The average molecular weight is 405 g/mol. The van der Waals surface area contributed by atoms with Gasteiger partial charge in [-0.05, 0) is 60.7 Å². The summed E-state index contributed by atoms with van der Waals surface area (Å²) in [5.41, 5.74) is 7.49. The molecule has 2 rings (SSSR count). The van der Waals surface area contributed by atoms with Gasteiger partial charge in [-0.2, -0.15) is 0 Å². The molecule has 0 heterocycles. The van der Waals surface area contributed by atoms with Crippen LogP contribution in [0.1, 0.15) is 36.5 Å². The number of ether oxygens (including phenoxy) is 2. The average Bonchev–Trinajstić information content (AvgIpc) is 2.63. The number of halogens is 1. The standard InChI is InChI=1S/C21H25ClN2O4/c1-13(2)17-7-5-14(3)9-19(17)28-12-21(26)24-23-20(25)11-27-18-8-6-16(22)10-15(18)4/h5-10,13H,11-12H2,1-4H3,(H,23,25)(H,24,26). The summed E-state index contributed by atoms with van der Waals surface area (Å²) in [4.78, 5) is 23.8. The van der Waals surface area contributed by atoms with E-state index >= 15 is 0 Å². The molecular weight excluding hydrogens is 380 g/mol. The molecule has 0 saturated heterocycles. The molecule has 0 saturated carbocycles. The number of benzene rings is 2. The van der Waals surface area contributed by atoms with Crippen LogP contribution >= 0.6 is 11.6 Å². The summed E-state index contributed by atoms with van der Waals surface area (Å²) in [7, 11) is 0. The van der Waals surface area contributed by atoms with Gasteiger partial charge in [-0.3, -0.25) is 20.4 Å². The van der Waals surface area contributed by atoms with Gasteiger partial charge in [0, 0.05) is 5.02 Å². The topological polar surface area (TPSA) is 76.7 Å². The first-order valence-corrected chi connectivity index (χ1v) is 9.34. The third-order valence-electron chi connectivity index (χ3n) is 3.99. The first-order valence-electron chi connectivity index (χ1n) is 8.96. The highest BCUT2D eigenvalue weighted by Gasteiger charge is 2.11. The molecule has 0 fully saturated rings. The van der Waals surface area contributed by atoms with Crippen LogP contribution in [0.2, 0.25) is 5.02 Å². The molecule has 0 atom stereocenters. The number of carbonyl (C=O) groups excluding carboxylic acids is 2. The van der Waals surface area contributed by atoms with E-state index in [4.69, 9.17) is 21.1 Å². The molecule has 28 heavy (non-hydrogen) atoms. The number of hydrazine groups is 1. The molecule has 2 aromatic rings. The Hall–Kier alpha value is -2.73. The number of rotatable bonds is 7. The summed E-state index contributed by atoms with van der Waals surface area (Å²) in [5.74, 6) is 0.535. The largest absolute Gasteiger partial charge is 0.483 e. The first kappa shape index (κ1) is 21.6. The number of aryl methyl sites for hydroxylation is 2. The zero-order chi connectivity index (χ0) is 20.7. The van der Waals surface area contributed by atoms with Gasteiger partial charge in [0.2, 0.25) is 0 Å². The van der Waals surface area contributed by atoms with Gasteiger partial charge in [0.25, 0.3) is 11.8 Å². The van der Waals surface area contributed by atoms with Crippen molar-refractivity contribution < 1.29 is 19.1 Å². The summed E-state index contributed by atoms with van der Waals surface area (Å²) >= 11 is 5.88. The molecule has 0 unspecified atom stereocenters. The number of amides is 2. The normalized spacial score (nSPS) is 10.5. The minimum Gasteiger partial charge on any atom is -0.483 e. The molecule has 0 aromatic heterocycles. The van der Waals surface area contributed by atoms with Crippen LogP contribution in [0, 0.1) is 13.8 Å². The predicted octanol–water partition coefficient (Wildman–Crippen LogP) is 3.69. The Labute approximate surface area is 170 Å². The molecule has 150 valence electrons. The van der Waals surface area contributed by atoms with E-state index in [2.05, 4.69) is 24.7 Å². The van der Waals surface area contributed by atoms with E-state index in [0.29, 0.717) is 16.5 Å². The zero-order valence-electron chi connectivity index (χ0n) is 16.5. The Morgan fingerprint density at radius 1 is 0.929 bits per heavy atom. The van der Waals surface area contributed by atoms with Crippen LogP contribution < -0.4 is 20.3 Å². The predicted molar refractivity (Wildman–Crippen MR) is 109 cm³/mol. The van der Waals surface area contributed by atoms with E-state index in [-0.39, 0.29) is 19.1 Å². The molecule has 0 aliphatic rings. The van der Waals surface area contributed by atoms with Gasteiger partial charge in [0.15, 0.2) is 13.2 Å². The zero-order valence-corrected chi connectivity index (χ0v) is 17.2. The van der Waals surface area contributed by atoms with Crippen molar-refractivity contribution in [3.63, 3.8) is 0 Å². The van der Waals surface area contributed by atoms with Gasteiger partial charge in [0.05, 0.1) is 0 Å². The summed E-state index contributed by atoms with van der Waals surface area (Å²) in [6.45, 7) is 7.45. The van der Waals surface area contributed by atoms with E-state index in [1.54, 1.807) is 18.2 Å². The van der Waals surface area contributed by atoms with E-state index in [1.807, 2.05) is 32.0 Å². The van der Waals surface area contributed by atoms with Crippen molar-refractivity contribution in [1.82, 2.24) is 10.9 Å². The van der Waals surface area contributed by atoms with E-state index < -0.39 is 11.8 Å². The molecule has 7 heteroatoms. The van der Waals surface area contributed by atoms with Crippen molar-refractivity contribution >= 4 is 23.4 Å². The van der Waals surface area contributed by atoms with Crippen LogP contribution in [0.15, 0.2) is 36.4 Å². The van der Waals surface area contributed by atoms with Crippen LogP contribution in [-0.4, -0.2) is 25.0 Å². The summed E-state index contributed by atoms with van der Waals surface area (Å²) in [5, 5.41) is 0.593. The molecular formula is C21H25ClN2O4. The number of hydrogen-bond donors (Lipinski definition) is 2. The molecule has 0 spiro atoms. The van der Waals surface area contributed by atoms with Crippen LogP contribution in [0.3, 0.4) is 0 Å².